The molecule has 4 heterocycles. The van der Waals surface area contributed by atoms with Crippen LogP contribution in [-0.2, 0) is 11.2 Å². The number of hydrogen-bond acceptors (Lipinski definition) is 6. The van der Waals surface area contributed by atoms with Crippen molar-refractivity contribution >= 4 is 23.0 Å². The minimum Gasteiger partial charge on any atom is -0.323 e. The van der Waals surface area contributed by atoms with Gasteiger partial charge in [0, 0.05) is 41.1 Å². The van der Waals surface area contributed by atoms with Crippen LogP contribution >= 0.6 is 0 Å². The number of carbonyl (C=O) groups is 2. The van der Waals surface area contributed by atoms with Gasteiger partial charge in [-0.25, -0.2) is 13.9 Å². The van der Waals surface area contributed by atoms with Crippen LogP contribution in [0.3, 0.4) is 0 Å². The first kappa shape index (κ1) is 24.3. The Morgan fingerprint density at radius 3 is 2.62 bits per heavy atom. The maximum Gasteiger partial charge on any atom is 0.274 e. The molecule has 1 aliphatic rings. The number of amides is 1. The smallest absolute Gasteiger partial charge is 0.274 e. The summed E-state index contributed by atoms with van der Waals surface area (Å²) in [6.45, 7) is 3.71. The summed E-state index contributed by atoms with van der Waals surface area (Å²) in [6, 6.07) is 19.3. The van der Waals surface area contributed by atoms with Gasteiger partial charge in [-0.05, 0) is 43.7 Å². The Hall–Kier alpha value is -5.05. The van der Waals surface area contributed by atoms with E-state index in [1.54, 1.807) is 36.7 Å². The van der Waals surface area contributed by atoms with Gasteiger partial charge in [-0.2, -0.15) is 5.10 Å². The molecule has 6 rings (SSSR count). The second kappa shape index (κ2) is 9.68. The van der Waals surface area contributed by atoms with E-state index in [1.807, 2.05) is 50.2 Å². The zero-order valence-electron chi connectivity index (χ0n) is 21.2. The number of carbonyl (C=O) groups excluding carboxylic acids is 2. The van der Waals surface area contributed by atoms with Crippen molar-refractivity contribution in [2.24, 2.45) is 4.99 Å². The van der Waals surface area contributed by atoms with Crippen molar-refractivity contribution < 1.29 is 14.0 Å². The molecule has 9 heteroatoms. The van der Waals surface area contributed by atoms with Crippen LogP contribution in [0.15, 0.2) is 84.1 Å². The predicted molar refractivity (Wildman–Crippen MR) is 144 cm³/mol. The largest absolute Gasteiger partial charge is 0.323 e. The van der Waals surface area contributed by atoms with E-state index in [1.165, 1.54) is 10.6 Å². The fourth-order valence-electron chi connectivity index (χ4n) is 4.75. The monoisotopic (exact) mass is 518 g/mol. The van der Waals surface area contributed by atoms with Crippen LogP contribution in [0.5, 0.6) is 0 Å². The van der Waals surface area contributed by atoms with E-state index in [0.29, 0.717) is 39.4 Å². The van der Waals surface area contributed by atoms with E-state index in [2.05, 4.69) is 25.4 Å². The number of benzene rings is 2. The number of Topliss-reactive ketones (excluding diaryl/α,β-unsaturated/α-hetero) is 1. The summed E-state index contributed by atoms with van der Waals surface area (Å²) in [7, 11) is 0. The summed E-state index contributed by atoms with van der Waals surface area (Å²) in [5, 5.41) is 7.29. The van der Waals surface area contributed by atoms with Crippen LogP contribution in [0.1, 0.15) is 38.4 Å². The lowest BCUT2D eigenvalue weighted by atomic mass is 9.95. The lowest BCUT2D eigenvalue weighted by Gasteiger charge is -2.14. The highest BCUT2D eigenvalue weighted by Crippen LogP contribution is 2.26. The Morgan fingerprint density at radius 1 is 1.00 bits per heavy atom. The number of rotatable bonds is 4. The highest BCUT2D eigenvalue weighted by Gasteiger charge is 2.31. The van der Waals surface area contributed by atoms with Crippen molar-refractivity contribution in [2.75, 3.05) is 0 Å². The van der Waals surface area contributed by atoms with E-state index in [4.69, 9.17) is 0 Å². The number of pyridine rings is 1. The Kier molecular flexibility index (Phi) is 6.03. The van der Waals surface area contributed by atoms with Gasteiger partial charge in [0.2, 0.25) is 0 Å². The van der Waals surface area contributed by atoms with E-state index in [-0.39, 0.29) is 17.7 Å². The Balaban J connectivity index is 1.47. The quantitative estimate of drug-likeness (QED) is 0.383. The van der Waals surface area contributed by atoms with Crippen molar-refractivity contribution in [3.05, 3.63) is 119 Å². The van der Waals surface area contributed by atoms with Crippen LogP contribution in [-0.4, -0.2) is 43.1 Å². The van der Waals surface area contributed by atoms with Crippen LogP contribution in [0.4, 0.5) is 4.39 Å². The Bertz CT molecular complexity index is 1790. The molecule has 0 saturated carbocycles. The summed E-state index contributed by atoms with van der Waals surface area (Å²) in [6.07, 6.45) is 1.87. The van der Waals surface area contributed by atoms with E-state index >= 15 is 0 Å². The van der Waals surface area contributed by atoms with Crippen molar-refractivity contribution in [1.82, 2.24) is 24.9 Å². The molecule has 0 fully saturated rings. The molecule has 5 aromatic rings. The molecule has 2 aromatic carbocycles. The number of nitrogens with one attached hydrogen (secondary N) is 1. The number of ketones is 1. The second-order valence-electron chi connectivity index (χ2n) is 9.43. The average molecular weight is 519 g/mol. The van der Waals surface area contributed by atoms with Crippen LogP contribution in [0.25, 0.3) is 16.9 Å². The topological polar surface area (TPSA) is 102 Å². The number of fused-ring (bicyclic) bond motifs is 2. The predicted octanol–water partition coefficient (Wildman–Crippen LogP) is 4.27. The minimum atomic E-state index is -1.25. The first-order valence-electron chi connectivity index (χ1n) is 12.4. The minimum absolute atomic E-state index is 0.151. The Morgan fingerprint density at radius 2 is 1.82 bits per heavy atom. The van der Waals surface area contributed by atoms with Crippen molar-refractivity contribution in [3.63, 3.8) is 0 Å². The molecule has 192 valence electrons. The van der Waals surface area contributed by atoms with E-state index < -0.39 is 23.7 Å². The molecule has 39 heavy (non-hydrogen) atoms. The summed E-state index contributed by atoms with van der Waals surface area (Å²) in [4.78, 5) is 40.9. The van der Waals surface area contributed by atoms with Crippen molar-refractivity contribution in [3.8, 4) is 11.3 Å². The maximum atomic E-state index is 14.9. The number of aromatic nitrogens is 4. The molecule has 0 radical (unpaired) electrons. The van der Waals surface area contributed by atoms with E-state index in [9.17, 15) is 14.0 Å². The van der Waals surface area contributed by atoms with Gasteiger partial charge in [0.1, 0.15) is 11.5 Å². The molecule has 0 unspecified atom stereocenters. The molecular formula is C30H23FN6O2. The van der Waals surface area contributed by atoms with Gasteiger partial charge in [0.05, 0.1) is 11.4 Å². The number of halogens is 1. The van der Waals surface area contributed by atoms with Crippen molar-refractivity contribution in [2.45, 2.75) is 26.4 Å². The van der Waals surface area contributed by atoms with E-state index in [0.717, 1.165) is 5.56 Å². The SMILES string of the molecule is Cc1cncc(-c2nc3ccc(C)nn3c2C(=O)N[C@H]2N=C(c3ccccc3)c3cccc(F)c3CC2=O)c1. The Labute approximate surface area is 223 Å². The number of imidazole rings is 1. The molecule has 0 bridgehead atoms. The molecule has 8 nitrogen and oxygen atoms in total. The maximum absolute atomic E-state index is 14.9. The highest BCUT2D eigenvalue weighted by atomic mass is 19.1. The van der Waals surface area contributed by atoms with Crippen LogP contribution in [0, 0.1) is 19.7 Å². The molecule has 1 N–H and O–H groups in total. The average Bonchev–Trinajstić information content (AvgIpc) is 3.24. The molecule has 3 aromatic heterocycles. The first-order chi connectivity index (χ1) is 18.9. The third kappa shape index (κ3) is 4.48. The summed E-state index contributed by atoms with van der Waals surface area (Å²) >= 11 is 0. The van der Waals surface area contributed by atoms with Gasteiger partial charge in [0.15, 0.2) is 23.3 Å². The summed E-state index contributed by atoms with van der Waals surface area (Å²) in [5.74, 6) is -1.51. The lowest BCUT2D eigenvalue weighted by Crippen LogP contribution is -2.41. The molecule has 0 aliphatic carbocycles. The molecule has 0 spiro atoms. The third-order valence-corrected chi connectivity index (χ3v) is 6.58. The van der Waals surface area contributed by atoms with Crippen LogP contribution < -0.4 is 5.32 Å². The molecule has 1 amide bonds. The van der Waals surface area contributed by atoms with Gasteiger partial charge in [-0.15, -0.1) is 0 Å². The molecule has 1 aliphatic heterocycles. The summed E-state index contributed by atoms with van der Waals surface area (Å²) in [5.41, 5.74) is 5.12. The standard InChI is InChI=1S/C30H23FN6O2/c1-17-13-20(16-32-15-17)27-28(37-25(33-27)12-11-18(2)36-37)30(39)35-29-24(38)14-22-21(9-6-10-23(22)31)26(34-29)19-7-4-3-5-8-19/h3-13,15-16,29H,14H2,1-2H3,(H,35,39)/t29-/m1/s1. The number of aryl methyl sites for hydroxylation is 2. The second-order valence-corrected chi connectivity index (χ2v) is 9.43. The van der Waals surface area contributed by atoms with Crippen LogP contribution in [0.2, 0.25) is 0 Å². The normalized spacial score (nSPS) is 15.0. The third-order valence-electron chi connectivity index (χ3n) is 6.58. The van der Waals surface area contributed by atoms with Gasteiger partial charge in [-0.1, -0.05) is 42.5 Å². The molecule has 0 saturated heterocycles. The fourth-order valence-corrected chi connectivity index (χ4v) is 4.75. The van der Waals surface area contributed by atoms with Gasteiger partial charge >= 0.3 is 0 Å². The zero-order chi connectivity index (χ0) is 27.1. The van der Waals surface area contributed by atoms with Gasteiger partial charge in [-0.3, -0.25) is 19.6 Å². The zero-order valence-corrected chi connectivity index (χ0v) is 21.2. The van der Waals surface area contributed by atoms with Gasteiger partial charge in [0.25, 0.3) is 5.91 Å². The number of aliphatic imine (C=N–C) groups is 1. The lowest BCUT2D eigenvalue weighted by molar-refractivity contribution is -0.120. The first-order valence-corrected chi connectivity index (χ1v) is 12.4. The number of hydrogen-bond donors (Lipinski definition) is 1. The summed E-state index contributed by atoms with van der Waals surface area (Å²) < 4.78 is 16.4. The fraction of sp³-hybridized carbons (Fsp3) is 0.133. The molecular weight excluding hydrogens is 495 g/mol. The molecule has 1 atom stereocenters. The van der Waals surface area contributed by atoms with Crippen molar-refractivity contribution in [1.29, 1.82) is 0 Å². The highest BCUT2D eigenvalue weighted by molar-refractivity contribution is 6.16. The van der Waals surface area contributed by atoms with Gasteiger partial charge < -0.3 is 5.32 Å². The number of nitrogens with zero attached hydrogens (tertiary/aromatic N) is 5.